The summed E-state index contributed by atoms with van der Waals surface area (Å²) in [6, 6.07) is 1.99. The Hall–Kier alpha value is -0.480. The third kappa shape index (κ3) is 2.87. The molecule has 1 heterocycles. The molecule has 0 aliphatic heterocycles. The maximum atomic E-state index is 11.1. The summed E-state index contributed by atoms with van der Waals surface area (Å²) in [4.78, 5) is 11.1. The van der Waals surface area contributed by atoms with E-state index in [9.17, 15) is 4.79 Å². The van der Waals surface area contributed by atoms with E-state index in [0.29, 0.717) is 6.54 Å². The van der Waals surface area contributed by atoms with Gasteiger partial charge in [0, 0.05) is 6.54 Å². The van der Waals surface area contributed by atoms with Crippen molar-refractivity contribution in [1.29, 1.82) is 0 Å². The number of hydrogen-bond donors (Lipinski definition) is 2. The van der Waals surface area contributed by atoms with Gasteiger partial charge in [0.2, 0.25) is 5.91 Å². The molecule has 12 heavy (non-hydrogen) atoms. The van der Waals surface area contributed by atoms with E-state index in [4.69, 9.17) is 0 Å². The van der Waals surface area contributed by atoms with Gasteiger partial charge in [0.05, 0.1) is 5.25 Å². The summed E-state index contributed by atoms with van der Waals surface area (Å²) in [5.74, 6) is -0.0236. The Kier molecular flexibility index (Phi) is 3.62. The van der Waals surface area contributed by atoms with Crippen LogP contribution in [-0.4, -0.2) is 11.2 Å². The molecule has 1 unspecified atom stereocenters. The molecular weight excluding hydrogens is 190 g/mol. The van der Waals surface area contributed by atoms with Crippen LogP contribution in [0.2, 0.25) is 0 Å². The van der Waals surface area contributed by atoms with E-state index in [0.717, 1.165) is 5.56 Å². The van der Waals surface area contributed by atoms with Gasteiger partial charge < -0.3 is 5.32 Å². The van der Waals surface area contributed by atoms with Crippen LogP contribution in [-0.2, 0) is 11.3 Å². The second-order valence-electron chi connectivity index (χ2n) is 2.53. The summed E-state index contributed by atoms with van der Waals surface area (Å²) in [7, 11) is 0. The molecule has 1 rings (SSSR count). The first-order valence-corrected chi connectivity index (χ1v) is 5.13. The Balaban J connectivity index is 2.32. The largest absolute Gasteiger partial charge is 0.351 e. The Morgan fingerprint density at radius 3 is 3.08 bits per heavy atom. The first-order valence-electron chi connectivity index (χ1n) is 3.67. The number of amides is 1. The van der Waals surface area contributed by atoms with Crippen LogP contribution in [0.5, 0.6) is 0 Å². The molecule has 0 saturated heterocycles. The van der Waals surface area contributed by atoms with Crippen LogP contribution >= 0.6 is 24.0 Å². The minimum absolute atomic E-state index is 0.0236. The highest BCUT2D eigenvalue weighted by Gasteiger charge is 2.06. The molecule has 0 saturated carbocycles. The van der Waals surface area contributed by atoms with Gasteiger partial charge in [0.1, 0.15) is 0 Å². The predicted octanol–water partition coefficient (Wildman–Crippen LogP) is 1.68. The van der Waals surface area contributed by atoms with Crippen molar-refractivity contribution in [2.75, 3.05) is 0 Å². The van der Waals surface area contributed by atoms with Crippen molar-refractivity contribution < 1.29 is 4.79 Å². The molecule has 1 aromatic heterocycles. The maximum absolute atomic E-state index is 11.1. The maximum Gasteiger partial charge on any atom is 0.232 e. The predicted molar refractivity (Wildman–Crippen MR) is 54.6 cm³/mol. The molecule has 1 N–H and O–H groups in total. The number of thiophene rings is 1. The third-order valence-corrected chi connectivity index (χ3v) is 2.39. The molecule has 0 aromatic carbocycles. The van der Waals surface area contributed by atoms with E-state index in [1.165, 1.54) is 0 Å². The molecule has 0 fully saturated rings. The van der Waals surface area contributed by atoms with Crippen molar-refractivity contribution in [1.82, 2.24) is 5.32 Å². The molecule has 0 aliphatic carbocycles. The first kappa shape index (κ1) is 9.61. The van der Waals surface area contributed by atoms with Gasteiger partial charge in [-0.15, -0.1) is 0 Å². The van der Waals surface area contributed by atoms with Crippen LogP contribution in [0.25, 0.3) is 0 Å². The Bertz CT molecular complexity index is 244. The van der Waals surface area contributed by atoms with Crippen LogP contribution in [0.1, 0.15) is 12.5 Å². The van der Waals surface area contributed by atoms with E-state index in [1.807, 2.05) is 16.8 Å². The fourth-order valence-electron chi connectivity index (χ4n) is 0.730. The zero-order valence-corrected chi connectivity index (χ0v) is 8.49. The van der Waals surface area contributed by atoms with Gasteiger partial charge in [-0.3, -0.25) is 4.79 Å². The highest BCUT2D eigenvalue weighted by atomic mass is 32.1. The quantitative estimate of drug-likeness (QED) is 0.716. The molecule has 66 valence electrons. The lowest BCUT2D eigenvalue weighted by Crippen LogP contribution is -2.28. The summed E-state index contributed by atoms with van der Waals surface area (Å²) >= 11 is 5.64. The molecule has 1 atom stereocenters. The molecule has 0 spiro atoms. The van der Waals surface area contributed by atoms with E-state index < -0.39 is 0 Å². The molecule has 1 aromatic rings. The van der Waals surface area contributed by atoms with Gasteiger partial charge in [-0.25, -0.2) is 0 Å². The SMILES string of the molecule is CC(S)C(=O)NCc1ccsc1. The number of carbonyl (C=O) groups is 1. The average molecular weight is 201 g/mol. The van der Waals surface area contributed by atoms with Gasteiger partial charge in [0.15, 0.2) is 0 Å². The summed E-state index contributed by atoms with van der Waals surface area (Å²) in [6.07, 6.45) is 0. The molecule has 1 amide bonds. The van der Waals surface area contributed by atoms with Crippen LogP contribution in [0.4, 0.5) is 0 Å². The third-order valence-electron chi connectivity index (χ3n) is 1.43. The van der Waals surface area contributed by atoms with Crippen LogP contribution < -0.4 is 5.32 Å². The molecule has 0 aliphatic rings. The molecule has 2 nitrogen and oxygen atoms in total. The highest BCUT2D eigenvalue weighted by Crippen LogP contribution is 2.05. The van der Waals surface area contributed by atoms with Crippen molar-refractivity contribution in [2.24, 2.45) is 0 Å². The number of hydrogen-bond acceptors (Lipinski definition) is 3. The van der Waals surface area contributed by atoms with Crippen molar-refractivity contribution in [3.8, 4) is 0 Å². The van der Waals surface area contributed by atoms with Gasteiger partial charge in [-0.2, -0.15) is 24.0 Å². The van der Waals surface area contributed by atoms with Crippen molar-refractivity contribution in [2.45, 2.75) is 18.7 Å². The zero-order chi connectivity index (χ0) is 8.97. The van der Waals surface area contributed by atoms with Gasteiger partial charge in [-0.1, -0.05) is 0 Å². The van der Waals surface area contributed by atoms with Crippen LogP contribution in [0.3, 0.4) is 0 Å². The van der Waals surface area contributed by atoms with E-state index in [-0.39, 0.29) is 11.2 Å². The Morgan fingerprint density at radius 2 is 2.58 bits per heavy atom. The first-order chi connectivity index (χ1) is 5.70. The van der Waals surface area contributed by atoms with Crippen molar-refractivity contribution in [3.05, 3.63) is 22.4 Å². The van der Waals surface area contributed by atoms with Crippen molar-refractivity contribution >= 4 is 29.9 Å². The molecule has 0 radical (unpaired) electrons. The van der Waals surface area contributed by atoms with Gasteiger partial charge >= 0.3 is 0 Å². The highest BCUT2D eigenvalue weighted by molar-refractivity contribution is 7.81. The lowest BCUT2D eigenvalue weighted by Gasteiger charge is -2.04. The van der Waals surface area contributed by atoms with Gasteiger partial charge in [-0.05, 0) is 29.3 Å². The summed E-state index contributed by atoms with van der Waals surface area (Å²) in [5, 5.41) is 6.55. The zero-order valence-electron chi connectivity index (χ0n) is 6.78. The van der Waals surface area contributed by atoms with E-state index in [2.05, 4.69) is 17.9 Å². The topological polar surface area (TPSA) is 29.1 Å². The van der Waals surface area contributed by atoms with Gasteiger partial charge in [0.25, 0.3) is 0 Å². The summed E-state index contributed by atoms with van der Waals surface area (Å²) < 4.78 is 0. The molecule has 0 bridgehead atoms. The summed E-state index contributed by atoms with van der Waals surface area (Å²) in [6.45, 7) is 2.36. The lowest BCUT2D eigenvalue weighted by atomic mass is 10.3. The number of thiol groups is 1. The Labute approximate surface area is 81.4 Å². The fourth-order valence-corrected chi connectivity index (χ4v) is 1.49. The summed E-state index contributed by atoms with van der Waals surface area (Å²) in [5.41, 5.74) is 1.14. The molecular formula is C8H11NOS2. The van der Waals surface area contributed by atoms with Crippen molar-refractivity contribution in [3.63, 3.8) is 0 Å². The Morgan fingerprint density at radius 1 is 1.83 bits per heavy atom. The number of carbonyl (C=O) groups excluding carboxylic acids is 1. The monoisotopic (exact) mass is 201 g/mol. The standard InChI is InChI=1S/C8H11NOS2/c1-6(11)8(10)9-4-7-2-3-12-5-7/h2-3,5-6,11H,4H2,1H3,(H,9,10). The molecule has 4 heteroatoms. The number of nitrogens with one attached hydrogen (secondary N) is 1. The van der Waals surface area contributed by atoms with Crippen LogP contribution in [0, 0.1) is 0 Å². The van der Waals surface area contributed by atoms with E-state index >= 15 is 0 Å². The smallest absolute Gasteiger partial charge is 0.232 e. The normalized spacial score (nSPS) is 12.5. The van der Waals surface area contributed by atoms with Crippen LogP contribution in [0.15, 0.2) is 16.8 Å². The second kappa shape index (κ2) is 4.52. The minimum Gasteiger partial charge on any atom is -0.351 e. The van der Waals surface area contributed by atoms with E-state index in [1.54, 1.807) is 18.3 Å². The fraction of sp³-hybridized carbons (Fsp3) is 0.375. The average Bonchev–Trinajstić information content (AvgIpc) is 2.51. The number of rotatable bonds is 3. The lowest BCUT2D eigenvalue weighted by molar-refractivity contribution is -0.120. The second-order valence-corrected chi connectivity index (χ2v) is 4.08. The minimum atomic E-state index is -0.233.